The lowest BCUT2D eigenvalue weighted by atomic mass is 10.0. The smallest absolute Gasteiger partial charge is 0.231 e. The molecule has 2 aromatic carbocycles. The number of fused-ring (bicyclic) bond motifs is 1. The van der Waals surface area contributed by atoms with Gasteiger partial charge in [-0.05, 0) is 38.2 Å². The third-order valence-electron chi connectivity index (χ3n) is 3.70. The van der Waals surface area contributed by atoms with Crippen LogP contribution in [-0.4, -0.2) is 20.4 Å². The van der Waals surface area contributed by atoms with Gasteiger partial charge in [0.2, 0.25) is 12.5 Å². The molecule has 2 aromatic rings. The zero-order valence-corrected chi connectivity index (χ0v) is 13.0. The number of hydrogen-bond donors (Lipinski definition) is 1. The molecule has 0 aromatic heterocycles. The molecule has 1 unspecified atom stereocenters. The zero-order chi connectivity index (χ0) is 15.4. The third-order valence-corrected chi connectivity index (χ3v) is 3.70. The van der Waals surface area contributed by atoms with Crippen LogP contribution in [0.5, 0.6) is 17.2 Å². The van der Waals surface area contributed by atoms with Crippen molar-refractivity contribution in [2.75, 3.05) is 20.4 Å². The van der Waals surface area contributed by atoms with Crippen LogP contribution in [-0.2, 0) is 0 Å². The average Bonchev–Trinajstić information content (AvgIpc) is 3.00. The van der Waals surface area contributed by atoms with Crippen molar-refractivity contribution in [2.45, 2.75) is 19.4 Å². The first-order valence-corrected chi connectivity index (χ1v) is 7.54. The van der Waals surface area contributed by atoms with Crippen LogP contribution in [0.1, 0.15) is 23.7 Å². The molecule has 0 aliphatic carbocycles. The highest BCUT2D eigenvalue weighted by molar-refractivity contribution is 5.52. The van der Waals surface area contributed by atoms with E-state index in [4.69, 9.17) is 14.2 Å². The highest BCUT2D eigenvalue weighted by Crippen LogP contribution is 2.42. The Bertz CT molecular complexity index is 642. The molecule has 0 bridgehead atoms. The van der Waals surface area contributed by atoms with Crippen LogP contribution in [0.2, 0.25) is 0 Å². The summed E-state index contributed by atoms with van der Waals surface area (Å²) >= 11 is 0. The van der Waals surface area contributed by atoms with Crippen LogP contribution in [0.4, 0.5) is 0 Å². The van der Waals surface area contributed by atoms with Crippen LogP contribution in [0.15, 0.2) is 42.5 Å². The molecule has 0 saturated heterocycles. The molecule has 3 rings (SSSR count). The van der Waals surface area contributed by atoms with Crippen molar-refractivity contribution in [3.63, 3.8) is 0 Å². The van der Waals surface area contributed by atoms with Crippen molar-refractivity contribution in [1.29, 1.82) is 0 Å². The van der Waals surface area contributed by atoms with E-state index in [9.17, 15) is 0 Å². The lowest BCUT2D eigenvalue weighted by Crippen LogP contribution is -2.16. The van der Waals surface area contributed by atoms with Crippen molar-refractivity contribution in [3.05, 3.63) is 53.6 Å². The molecule has 0 fully saturated rings. The standard InChI is InChI=1S/C18H21NO3/c1-13-5-3-6-14(11-13)15(9-10-19-2)22-17-8-4-7-16-18(17)21-12-20-16/h3-8,11,15,19H,9-10,12H2,1-2H3. The van der Waals surface area contributed by atoms with E-state index in [1.54, 1.807) is 0 Å². The van der Waals surface area contributed by atoms with Gasteiger partial charge in [-0.1, -0.05) is 35.9 Å². The quantitative estimate of drug-likeness (QED) is 0.887. The number of ether oxygens (including phenoxy) is 3. The zero-order valence-electron chi connectivity index (χ0n) is 13.0. The van der Waals surface area contributed by atoms with Gasteiger partial charge in [-0.2, -0.15) is 0 Å². The molecule has 0 saturated carbocycles. The summed E-state index contributed by atoms with van der Waals surface area (Å²) in [6.07, 6.45) is 0.854. The van der Waals surface area contributed by atoms with Crippen molar-refractivity contribution in [3.8, 4) is 17.2 Å². The van der Waals surface area contributed by atoms with Gasteiger partial charge in [-0.3, -0.25) is 0 Å². The second-order valence-corrected chi connectivity index (χ2v) is 5.40. The Labute approximate surface area is 131 Å². The van der Waals surface area contributed by atoms with Gasteiger partial charge in [-0.15, -0.1) is 0 Å². The topological polar surface area (TPSA) is 39.7 Å². The first kappa shape index (κ1) is 14.7. The van der Waals surface area contributed by atoms with E-state index in [-0.39, 0.29) is 12.9 Å². The molecular formula is C18H21NO3. The Balaban J connectivity index is 1.86. The van der Waals surface area contributed by atoms with Gasteiger partial charge in [0.15, 0.2) is 11.5 Å². The van der Waals surface area contributed by atoms with Crippen LogP contribution in [0.25, 0.3) is 0 Å². The summed E-state index contributed by atoms with van der Waals surface area (Å²) in [7, 11) is 1.95. The fourth-order valence-electron chi connectivity index (χ4n) is 2.59. The fraction of sp³-hybridized carbons (Fsp3) is 0.333. The molecule has 1 aliphatic rings. The highest BCUT2D eigenvalue weighted by Gasteiger charge is 2.21. The predicted molar refractivity (Wildman–Crippen MR) is 85.7 cm³/mol. The minimum atomic E-state index is -0.0250. The summed E-state index contributed by atoms with van der Waals surface area (Å²) in [6.45, 7) is 3.22. The number of para-hydroxylation sites is 1. The summed E-state index contributed by atoms with van der Waals surface area (Å²) in [5, 5.41) is 3.18. The first-order chi connectivity index (χ1) is 10.8. The Hall–Kier alpha value is -2.20. The lowest BCUT2D eigenvalue weighted by Gasteiger charge is -2.21. The minimum absolute atomic E-state index is 0.0250. The molecule has 0 amide bonds. The number of hydrogen-bond acceptors (Lipinski definition) is 4. The number of rotatable bonds is 6. The number of aryl methyl sites for hydroxylation is 1. The lowest BCUT2D eigenvalue weighted by molar-refractivity contribution is 0.158. The molecule has 0 spiro atoms. The minimum Gasteiger partial charge on any atom is -0.482 e. The number of nitrogens with one attached hydrogen (secondary N) is 1. The summed E-state index contributed by atoms with van der Waals surface area (Å²) in [4.78, 5) is 0. The second kappa shape index (κ2) is 6.71. The van der Waals surface area contributed by atoms with Crippen LogP contribution in [0.3, 0.4) is 0 Å². The average molecular weight is 299 g/mol. The molecule has 1 heterocycles. The first-order valence-electron chi connectivity index (χ1n) is 7.54. The monoisotopic (exact) mass is 299 g/mol. The largest absolute Gasteiger partial charge is 0.482 e. The van der Waals surface area contributed by atoms with Crippen LogP contribution < -0.4 is 19.5 Å². The van der Waals surface area contributed by atoms with Crippen molar-refractivity contribution >= 4 is 0 Å². The molecule has 1 atom stereocenters. The van der Waals surface area contributed by atoms with E-state index in [1.807, 2.05) is 25.2 Å². The Morgan fingerprint density at radius 3 is 2.86 bits per heavy atom. The molecule has 1 aliphatic heterocycles. The summed E-state index contributed by atoms with van der Waals surface area (Å²) in [5.74, 6) is 2.18. The fourth-order valence-corrected chi connectivity index (χ4v) is 2.59. The van der Waals surface area contributed by atoms with Gasteiger partial charge in [0.05, 0.1) is 0 Å². The Kier molecular flexibility index (Phi) is 4.49. The summed E-state index contributed by atoms with van der Waals surface area (Å²) in [5.41, 5.74) is 2.40. The molecule has 4 nitrogen and oxygen atoms in total. The van der Waals surface area contributed by atoms with Gasteiger partial charge in [0, 0.05) is 6.42 Å². The van der Waals surface area contributed by atoms with Gasteiger partial charge in [0.1, 0.15) is 6.10 Å². The maximum atomic E-state index is 6.26. The normalized spacial score (nSPS) is 13.9. The van der Waals surface area contributed by atoms with E-state index in [1.165, 1.54) is 11.1 Å². The van der Waals surface area contributed by atoms with E-state index in [0.717, 1.165) is 24.5 Å². The Morgan fingerprint density at radius 2 is 2.05 bits per heavy atom. The van der Waals surface area contributed by atoms with Gasteiger partial charge < -0.3 is 19.5 Å². The summed E-state index contributed by atoms with van der Waals surface area (Å²) in [6, 6.07) is 14.2. The highest BCUT2D eigenvalue weighted by atomic mass is 16.7. The maximum Gasteiger partial charge on any atom is 0.231 e. The van der Waals surface area contributed by atoms with Crippen LogP contribution in [0, 0.1) is 6.92 Å². The molecule has 4 heteroatoms. The van der Waals surface area contributed by atoms with Crippen molar-refractivity contribution < 1.29 is 14.2 Å². The SMILES string of the molecule is CNCCC(Oc1cccc2c1OCO2)c1cccc(C)c1. The van der Waals surface area contributed by atoms with Gasteiger partial charge in [0.25, 0.3) is 0 Å². The molecular weight excluding hydrogens is 278 g/mol. The maximum absolute atomic E-state index is 6.26. The second-order valence-electron chi connectivity index (χ2n) is 5.40. The molecule has 22 heavy (non-hydrogen) atoms. The van der Waals surface area contributed by atoms with E-state index < -0.39 is 0 Å². The Morgan fingerprint density at radius 1 is 1.18 bits per heavy atom. The van der Waals surface area contributed by atoms with E-state index >= 15 is 0 Å². The molecule has 1 N–H and O–H groups in total. The molecule has 116 valence electrons. The van der Waals surface area contributed by atoms with Gasteiger partial charge in [-0.25, -0.2) is 0 Å². The van der Waals surface area contributed by atoms with Crippen molar-refractivity contribution in [1.82, 2.24) is 5.32 Å². The van der Waals surface area contributed by atoms with E-state index in [2.05, 4.69) is 36.5 Å². The van der Waals surface area contributed by atoms with Gasteiger partial charge >= 0.3 is 0 Å². The van der Waals surface area contributed by atoms with Crippen LogP contribution >= 0.6 is 0 Å². The number of benzene rings is 2. The predicted octanol–water partition coefficient (Wildman–Crippen LogP) is 3.45. The third kappa shape index (κ3) is 3.17. The summed E-state index contributed by atoms with van der Waals surface area (Å²) < 4.78 is 17.2. The van der Waals surface area contributed by atoms with E-state index in [0.29, 0.717) is 5.75 Å². The molecule has 0 radical (unpaired) electrons. The van der Waals surface area contributed by atoms with Crippen molar-refractivity contribution in [2.24, 2.45) is 0 Å².